The third-order valence-corrected chi connectivity index (χ3v) is 8.32. The Bertz CT molecular complexity index is 1330. The molecule has 1 atom stereocenters. The van der Waals surface area contributed by atoms with Crippen LogP contribution in [0.1, 0.15) is 50.1 Å². The van der Waals surface area contributed by atoms with Gasteiger partial charge in [-0.3, -0.25) is 14.3 Å². The average molecular weight is 484 g/mol. The number of carbonyl (C=O) groups excluding carboxylic acids is 2. The van der Waals surface area contributed by atoms with Crippen LogP contribution in [0.25, 0.3) is 0 Å². The molecule has 33 heavy (non-hydrogen) atoms. The quantitative estimate of drug-likeness (QED) is 0.483. The lowest BCUT2D eigenvalue weighted by molar-refractivity contribution is 0.1000. The van der Waals surface area contributed by atoms with Gasteiger partial charge in [-0.25, -0.2) is 8.42 Å². The Kier molecular flexibility index (Phi) is 6.27. The summed E-state index contributed by atoms with van der Waals surface area (Å²) < 4.78 is 28.2. The van der Waals surface area contributed by atoms with E-state index >= 15 is 0 Å². The minimum absolute atomic E-state index is 0.0966. The minimum atomic E-state index is -3.89. The monoisotopic (exact) mass is 483 g/mol. The zero-order valence-electron chi connectivity index (χ0n) is 18.3. The van der Waals surface area contributed by atoms with E-state index in [0.717, 1.165) is 35.3 Å². The van der Waals surface area contributed by atoms with E-state index in [2.05, 4.69) is 17.0 Å². The Labute approximate surface area is 197 Å². The number of sulfonamides is 1. The smallest absolute Gasteiger partial charge is 0.261 e. The highest BCUT2D eigenvalue weighted by Gasteiger charge is 2.28. The van der Waals surface area contributed by atoms with E-state index in [4.69, 9.17) is 5.73 Å². The SMILES string of the molecule is Cc1ccc(S(=O)(=O)Nc2ccccc2C(=O)Nc2sc3c(c2C(N)=O)C[C@H](C)CC3)cc1. The van der Waals surface area contributed by atoms with Crippen LogP contribution in [0, 0.1) is 12.8 Å². The lowest BCUT2D eigenvalue weighted by atomic mass is 9.87. The molecule has 1 heterocycles. The summed E-state index contributed by atoms with van der Waals surface area (Å²) in [6.07, 6.45) is 2.60. The molecule has 1 aromatic heterocycles. The largest absolute Gasteiger partial charge is 0.365 e. The number of para-hydroxylation sites is 1. The number of carbonyl (C=O) groups is 2. The van der Waals surface area contributed by atoms with Crippen molar-refractivity contribution in [3.8, 4) is 0 Å². The van der Waals surface area contributed by atoms with Crippen LogP contribution in [0.4, 0.5) is 10.7 Å². The van der Waals surface area contributed by atoms with E-state index in [1.54, 1.807) is 24.3 Å². The second-order valence-corrected chi connectivity index (χ2v) is 11.1. The number of nitrogens with one attached hydrogen (secondary N) is 2. The zero-order valence-corrected chi connectivity index (χ0v) is 20.0. The molecule has 0 radical (unpaired) electrons. The Morgan fingerprint density at radius 2 is 1.79 bits per heavy atom. The number of nitrogens with two attached hydrogens (primary N) is 1. The number of benzene rings is 2. The van der Waals surface area contributed by atoms with E-state index in [0.29, 0.717) is 16.5 Å². The third-order valence-electron chi connectivity index (χ3n) is 5.73. The van der Waals surface area contributed by atoms with E-state index in [1.807, 2.05) is 6.92 Å². The fourth-order valence-corrected chi connectivity index (χ4v) is 6.29. The number of rotatable bonds is 6. The predicted octanol–water partition coefficient (Wildman–Crippen LogP) is 4.33. The molecule has 0 fully saturated rings. The van der Waals surface area contributed by atoms with Crippen molar-refractivity contribution in [3.05, 3.63) is 75.7 Å². The minimum Gasteiger partial charge on any atom is -0.365 e. The maximum Gasteiger partial charge on any atom is 0.261 e. The molecule has 4 rings (SSSR count). The van der Waals surface area contributed by atoms with E-state index in [1.165, 1.54) is 35.6 Å². The summed E-state index contributed by atoms with van der Waals surface area (Å²) >= 11 is 1.36. The molecule has 3 aromatic rings. The maximum atomic E-state index is 13.2. The molecule has 0 bridgehead atoms. The highest BCUT2D eigenvalue weighted by molar-refractivity contribution is 7.92. The molecule has 2 amide bonds. The van der Waals surface area contributed by atoms with Crippen molar-refractivity contribution in [3.63, 3.8) is 0 Å². The highest BCUT2D eigenvalue weighted by Crippen LogP contribution is 2.39. The van der Waals surface area contributed by atoms with Crippen molar-refractivity contribution < 1.29 is 18.0 Å². The number of primary amides is 1. The number of hydrogen-bond donors (Lipinski definition) is 3. The summed E-state index contributed by atoms with van der Waals surface area (Å²) in [5.41, 5.74) is 8.15. The van der Waals surface area contributed by atoms with Gasteiger partial charge in [-0.15, -0.1) is 11.3 Å². The first-order valence-corrected chi connectivity index (χ1v) is 12.9. The number of fused-ring (bicyclic) bond motifs is 1. The van der Waals surface area contributed by atoms with Crippen molar-refractivity contribution in [2.24, 2.45) is 11.7 Å². The van der Waals surface area contributed by atoms with Gasteiger partial charge in [0.05, 0.1) is 21.7 Å². The van der Waals surface area contributed by atoms with E-state index in [-0.39, 0.29) is 16.1 Å². The molecule has 0 unspecified atom stereocenters. The summed E-state index contributed by atoms with van der Waals surface area (Å²) in [5, 5.41) is 3.20. The maximum absolute atomic E-state index is 13.2. The van der Waals surface area contributed by atoms with E-state index < -0.39 is 21.8 Å². The summed E-state index contributed by atoms with van der Waals surface area (Å²) in [6, 6.07) is 12.8. The molecule has 0 saturated carbocycles. The van der Waals surface area contributed by atoms with Gasteiger partial charge in [0, 0.05) is 4.88 Å². The van der Waals surface area contributed by atoms with Crippen LogP contribution in [0.2, 0.25) is 0 Å². The van der Waals surface area contributed by atoms with Crippen molar-refractivity contribution in [2.75, 3.05) is 10.0 Å². The van der Waals surface area contributed by atoms with Crippen LogP contribution in [-0.4, -0.2) is 20.2 Å². The fraction of sp³-hybridized carbons (Fsp3) is 0.250. The molecule has 0 spiro atoms. The second kappa shape index (κ2) is 8.99. The first-order valence-electron chi connectivity index (χ1n) is 10.6. The molecule has 9 heteroatoms. The van der Waals surface area contributed by atoms with Crippen molar-refractivity contribution in [1.82, 2.24) is 0 Å². The van der Waals surface area contributed by atoms with Gasteiger partial charge in [-0.2, -0.15) is 0 Å². The first kappa shape index (κ1) is 23.0. The van der Waals surface area contributed by atoms with Crippen molar-refractivity contribution in [1.29, 1.82) is 0 Å². The van der Waals surface area contributed by atoms with Crippen molar-refractivity contribution in [2.45, 2.75) is 38.0 Å². The van der Waals surface area contributed by atoms with Gasteiger partial charge in [-0.05, 0) is 61.9 Å². The van der Waals surface area contributed by atoms with Gasteiger partial charge < -0.3 is 11.1 Å². The lowest BCUT2D eigenvalue weighted by Gasteiger charge is -2.18. The topological polar surface area (TPSA) is 118 Å². The Balaban J connectivity index is 1.64. The Hall–Kier alpha value is -3.17. The molecule has 7 nitrogen and oxygen atoms in total. The fourth-order valence-electron chi connectivity index (χ4n) is 3.97. The summed E-state index contributed by atoms with van der Waals surface area (Å²) in [5.74, 6) is -0.665. The standard InChI is InChI=1S/C24H25N3O4S2/c1-14-7-10-16(11-8-14)33(30,31)27-19-6-4-3-5-17(19)23(29)26-24-21(22(25)28)18-13-15(2)9-12-20(18)32-24/h3-8,10-11,15,27H,9,12-13H2,1-2H3,(H2,25,28)(H,26,29)/t15-/m1/s1. The number of anilines is 2. The normalized spacial score (nSPS) is 15.5. The summed E-state index contributed by atoms with van der Waals surface area (Å²) in [6.45, 7) is 3.99. The lowest BCUT2D eigenvalue weighted by Crippen LogP contribution is -2.21. The molecule has 0 aliphatic heterocycles. The molecular formula is C24H25N3O4S2. The van der Waals surface area contributed by atoms with Crippen molar-refractivity contribution >= 4 is 43.9 Å². The Morgan fingerprint density at radius 1 is 1.09 bits per heavy atom. The summed E-state index contributed by atoms with van der Waals surface area (Å²) in [7, 11) is -3.89. The molecule has 172 valence electrons. The first-order chi connectivity index (χ1) is 15.7. The average Bonchev–Trinajstić information content (AvgIpc) is 3.11. The molecule has 1 aliphatic rings. The molecular weight excluding hydrogens is 458 g/mol. The number of aryl methyl sites for hydroxylation is 2. The van der Waals surface area contributed by atoms with Crippen LogP contribution in [-0.2, 0) is 22.9 Å². The molecule has 0 saturated heterocycles. The van der Waals surface area contributed by atoms with Crippen LogP contribution < -0.4 is 15.8 Å². The van der Waals surface area contributed by atoms with Crippen LogP contribution >= 0.6 is 11.3 Å². The second-order valence-electron chi connectivity index (χ2n) is 8.34. The molecule has 4 N–H and O–H groups in total. The van der Waals surface area contributed by atoms with Gasteiger partial charge in [0.2, 0.25) is 0 Å². The van der Waals surface area contributed by atoms with Gasteiger partial charge in [0.25, 0.3) is 21.8 Å². The predicted molar refractivity (Wildman–Crippen MR) is 130 cm³/mol. The number of amides is 2. The van der Waals surface area contributed by atoms with Gasteiger partial charge >= 0.3 is 0 Å². The Morgan fingerprint density at radius 3 is 2.48 bits per heavy atom. The van der Waals surface area contributed by atoms with Crippen LogP contribution in [0.5, 0.6) is 0 Å². The summed E-state index contributed by atoms with van der Waals surface area (Å²) in [4.78, 5) is 26.5. The van der Waals surface area contributed by atoms with Crippen LogP contribution in [0.15, 0.2) is 53.4 Å². The number of thiophene rings is 1. The highest BCUT2D eigenvalue weighted by atomic mass is 32.2. The van der Waals surface area contributed by atoms with Gasteiger partial charge in [0.1, 0.15) is 5.00 Å². The van der Waals surface area contributed by atoms with Gasteiger partial charge in [-0.1, -0.05) is 36.8 Å². The van der Waals surface area contributed by atoms with Gasteiger partial charge in [0.15, 0.2) is 0 Å². The van der Waals surface area contributed by atoms with Crippen LogP contribution in [0.3, 0.4) is 0 Å². The number of hydrogen-bond acceptors (Lipinski definition) is 5. The third kappa shape index (κ3) is 4.79. The zero-order chi connectivity index (χ0) is 23.8. The molecule has 2 aromatic carbocycles. The molecule has 1 aliphatic carbocycles. The van der Waals surface area contributed by atoms with E-state index in [9.17, 15) is 18.0 Å².